The van der Waals surface area contributed by atoms with Crippen LogP contribution < -0.4 is 5.73 Å². The number of hydrogen-bond acceptors (Lipinski definition) is 3. The van der Waals surface area contributed by atoms with Crippen LogP contribution >= 0.6 is 0 Å². The highest BCUT2D eigenvalue weighted by Gasteiger charge is 2.16. The van der Waals surface area contributed by atoms with Crippen molar-refractivity contribution in [2.75, 3.05) is 0 Å². The zero-order valence-electron chi connectivity index (χ0n) is 8.74. The molecule has 78 valence electrons. The standard InChI is InChI=1S/C10H18N4/c1-2-8(11)7-10-13-12-9-5-3-4-6-14(9)10/h8H,2-7,11H2,1H3. The van der Waals surface area contributed by atoms with E-state index in [2.05, 4.69) is 21.7 Å². The Morgan fingerprint density at radius 3 is 3.07 bits per heavy atom. The van der Waals surface area contributed by atoms with Gasteiger partial charge in [0.05, 0.1) is 0 Å². The lowest BCUT2D eigenvalue weighted by molar-refractivity contribution is 0.495. The molecule has 0 spiro atoms. The van der Waals surface area contributed by atoms with E-state index in [4.69, 9.17) is 5.73 Å². The predicted octanol–water partition coefficient (Wildman–Crippen LogP) is 0.894. The summed E-state index contributed by atoms with van der Waals surface area (Å²) in [5.74, 6) is 2.23. The van der Waals surface area contributed by atoms with Gasteiger partial charge in [-0.1, -0.05) is 6.92 Å². The summed E-state index contributed by atoms with van der Waals surface area (Å²) in [6.45, 7) is 3.19. The van der Waals surface area contributed by atoms with E-state index < -0.39 is 0 Å². The molecule has 2 rings (SSSR count). The molecule has 0 radical (unpaired) electrons. The number of aromatic nitrogens is 3. The summed E-state index contributed by atoms with van der Waals surface area (Å²) in [5.41, 5.74) is 5.92. The van der Waals surface area contributed by atoms with Gasteiger partial charge in [-0.2, -0.15) is 0 Å². The van der Waals surface area contributed by atoms with Crippen LogP contribution in [0.1, 0.15) is 37.8 Å². The second-order valence-electron chi connectivity index (χ2n) is 4.01. The minimum Gasteiger partial charge on any atom is -0.327 e. The van der Waals surface area contributed by atoms with Crippen molar-refractivity contribution < 1.29 is 0 Å². The summed E-state index contributed by atoms with van der Waals surface area (Å²) in [5, 5.41) is 8.42. The lowest BCUT2D eigenvalue weighted by Gasteiger charge is -2.15. The molecule has 0 aromatic carbocycles. The van der Waals surface area contributed by atoms with Gasteiger partial charge in [-0.15, -0.1) is 10.2 Å². The Kier molecular flexibility index (Phi) is 2.82. The minimum absolute atomic E-state index is 0.227. The molecule has 1 atom stereocenters. The molecule has 1 unspecified atom stereocenters. The second kappa shape index (κ2) is 4.09. The van der Waals surface area contributed by atoms with Crippen molar-refractivity contribution in [2.24, 2.45) is 5.73 Å². The van der Waals surface area contributed by atoms with Crippen LogP contribution in [0, 0.1) is 0 Å². The molecule has 1 aromatic heterocycles. The van der Waals surface area contributed by atoms with Gasteiger partial charge in [-0.3, -0.25) is 0 Å². The molecular formula is C10H18N4. The Hall–Kier alpha value is -0.900. The molecule has 4 heteroatoms. The van der Waals surface area contributed by atoms with Gasteiger partial charge in [0, 0.05) is 25.4 Å². The highest BCUT2D eigenvalue weighted by atomic mass is 15.3. The molecule has 1 aliphatic heterocycles. The molecule has 4 nitrogen and oxygen atoms in total. The maximum Gasteiger partial charge on any atom is 0.134 e. The monoisotopic (exact) mass is 194 g/mol. The molecule has 0 saturated heterocycles. The Labute approximate surface area is 84.5 Å². The SMILES string of the molecule is CCC(N)Cc1nnc2n1CCCC2. The number of aryl methyl sites for hydroxylation is 1. The van der Waals surface area contributed by atoms with Crippen molar-refractivity contribution in [3.05, 3.63) is 11.6 Å². The van der Waals surface area contributed by atoms with Gasteiger partial charge in [0.25, 0.3) is 0 Å². The molecule has 0 bridgehead atoms. The first-order valence-electron chi connectivity index (χ1n) is 5.47. The van der Waals surface area contributed by atoms with E-state index in [1.54, 1.807) is 0 Å². The van der Waals surface area contributed by atoms with Crippen LogP contribution in [0.4, 0.5) is 0 Å². The minimum atomic E-state index is 0.227. The lowest BCUT2D eigenvalue weighted by Crippen LogP contribution is -2.24. The van der Waals surface area contributed by atoms with Gasteiger partial charge >= 0.3 is 0 Å². The van der Waals surface area contributed by atoms with Crippen molar-refractivity contribution in [1.82, 2.24) is 14.8 Å². The van der Waals surface area contributed by atoms with E-state index >= 15 is 0 Å². The summed E-state index contributed by atoms with van der Waals surface area (Å²) in [4.78, 5) is 0. The third-order valence-corrected chi connectivity index (χ3v) is 2.91. The first kappa shape index (κ1) is 9.65. The molecule has 1 aliphatic rings. The van der Waals surface area contributed by atoms with E-state index in [1.165, 1.54) is 12.8 Å². The smallest absolute Gasteiger partial charge is 0.134 e. The Balaban J connectivity index is 2.14. The molecule has 0 fully saturated rings. The predicted molar refractivity (Wildman–Crippen MR) is 54.9 cm³/mol. The third-order valence-electron chi connectivity index (χ3n) is 2.91. The second-order valence-corrected chi connectivity index (χ2v) is 4.01. The summed E-state index contributed by atoms with van der Waals surface area (Å²) in [7, 11) is 0. The zero-order valence-corrected chi connectivity index (χ0v) is 8.74. The summed E-state index contributed by atoms with van der Waals surface area (Å²) >= 11 is 0. The Morgan fingerprint density at radius 1 is 1.43 bits per heavy atom. The fourth-order valence-electron chi connectivity index (χ4n) is 1.90. The van der Waals surface area contributed by atoms with Crippen molar-refractivity contribution in [3.63, 3.8) is 0 Å². The van der Waals surface area contributed by atoms with Crippen molar-refractivity contribution in [1.29, 1.82) is 0 Å². The van der Waals surface area contributed by atoms with Crippen molar-refractivity contribution in [3.8, 4) is 0 Å². The largest absolute Gasteiger partial charge is 0.327 e. The van der Waals surface area contributed by atoms with Gasteiger partial charge < -0.3 is 10.3 Å². The van der Waals surface area contributed by atoms with Crippen molar-refractivity contribution in [2.45, 2.75) is 51.6 Å². The highest BCUT2D eigenvalue weighted by Crippen LogP contribution is 2.15. The number of nitrogens with zero attached hydrogens (tertiary/aromatic N) is 3. The first-order chi connectivity index (χ1) is 6.81. The molecular weight excluding hydrogens is 176 g/mol. The molecule has 1 aromatic rings. The van der Waals surface area contributed by atoms with E-state index in [0.29, 0.717) is 0 Å². The molecule has 2 N–H and O–H groups in total. The van der Waals surface area contributed by atoms with Crippen LogP contribution in [-0.4, -0.2) is 20.8 Å². The van der Waals surface area contributed by atoms with Gasteiger partial charge in [-0.25, -0.2) is 0 Å². The molecule has 0 aliphatic carbocycles. The molecule has 2 heterocycles. The van der Waals surface area contributed by atoms with Crippen LogP contribution in [-0.2, 0) is 19.4 Å². The van der Waals surface area contributed by atoms with Crippen LogP contribution in [0.5, 0.6) is 0 Å². The molecule has 0 amide bonds. The fraction of sp³-hybridized carbons (Fsp3) is 0.800. The lowest BCUT2D eigenvalue weighted by atomic mass is 10.1. The van der Waals surface area contributed by atoms with Gasteiger partial charge in [0.15, 0.2) is 0 Å². The van der Waals surface area contributed by atoms with Crippen LogP contribution in [0.15, 0.2) is 0 Å². The maximum atomic E-state index is 5.92. The number of nitrogens with two attached hydrogens (primary N) is 1. The average Bonchev–Trinajstić information content (AvgIpc) is 2.62. The maximum absolute atomic E-state index is 5.92. The number of hydrogen-bond donors (Lipinski definition) is 1. The first-order valence-corrected chi connectivity index (χ1v) is 5.47. The van der Waals surface area contributed by atoms with E-state index in [-0.39, 0.29) is 6.04 Å². The van der Waals surface area contributed by atoms with E-state index in [0.717, 1.165) is 37.5 Å². The fourth-order valence-corrected chi connectivity index (χ4v) is 1.90. The van der Waals surface area contributed by atoms with Gasteiger partial charge in [0.1, 0.15) is 11.6 Å². The topological polar surface area (TPSA) is 56.7 Å². The third kappa shape index (κ3) is 1.80. The quantitative estimate of drug-likeness (QED) is 0.777. The average molecular weight is 194 g/mol. The zero-order chi connectivity index (χ0) is 9.97. The van der Waals surface area contributed by atoms with Gasteiger partial charge in [0.2, 0.25) is 0 Å². The molecule has 14 heavy (non-hydrogen) atoms. The van der Waals surface area contributed by atoms with Crippen molar-refractivity contribution >= 4 is 0 Å². The normalized spacial score (nSPS) is 17.9. The Bertz CT molecular complexity index is 305. The summed E-state index contributed by atoms with van der Waals surface area (Å²) in [6.07, 6.45) is 5.44. The number of fused-ring (bicyclic) bond motifs is 1. The van der Waals surface area contributed by atoms with Crippen LogP contribution in [0.25, 0.3) is 0 Å². The molecule has 0 saturated carbocycles. The van der Waals surface area contributed by atoms with Gasteiger partial charge in [-0.05, 0) is 19.3 Å². The van der Waals surface area contributed by atoms with E-state index in [1.807, 2.05) is 0 Å². The van der Waals surface area contributed by atoms with Crippen LogP contribution in [0.3, 0.4) is 0 Å². The highest BCUT2D eigenvalue weighted by molar-refractivity contribution is 5.00. The van der Waals surface area contributed by atoms with Crippen LogP contribution in [0.2, 0.25) is 0 Å². The van der Waals surface area contributed by atoms with E-state index in [9.17, 15) is 0 Å². The summed E-state index contributed by atoms with van der Waals surface area (Å²) in [6, 6.07) is 0.227. The number of rotatable bonds is 3. The summed E-state index contributed by atoms with van der Waals surface area (Å²) < 4.78 is 2.25. The Morgan fingerprint density at radius 2 is 2.29 bits per heavy atom.